The largest absolute Gasteiger partial charge is 0.367 e. The van der Waals surface area contributed by atoms with Crippen LogP contribution in [0, 0.1) is 5.92 Å². The zero-order valence-corrected chi connectivity index (χ0v) is 19.4. The Morgan fingerprint density at radius 3 is 2.44 bits per heavy atom. The van der Waals surface area contributed by atoms with Crippen molar-refractivity contribution in [2.45, 2.75) is 19.8 Å². The molecule has 0 aliphatic carbocycles. The lowest BCUT2D eigenvalue weighted by Gasteiger charge is -2.36. The predicted octanol–water partition coefficient (Wildman–Crippen LogP) is 3.97. The van der Waals surface area contributed by atoms with Crippen LogP contribution < -0.4 is 10.2 Å². The van der Waals surface area contributed by atoms with E-state index in [-0.39, 0.29) is 17.7 Å². The molecule has 1 unspecified atom stereocenters. The van der Waals surface area contributed by atoms with E-state index in [0.717, 1.165) is 56.9 Å². The topological polar surface area (TPSA) is 55.9 Å². The highest BCUT2D eigenvalue weighted by molar-refractivity contribution is 6.30. The fraction of sp³-hybridized carbons (Fsp3) is 0.440. The first-order valence-electron chi connectivity index (χ1n) is 11.5. The first-order valence-corrected chi connectivity index (χ1v) is 11.8. The zero-order valence-electron chi connectivity index (χ0n) is 18.6. The minimum atomic E-state index is -0.218. The van der Waals surface area contributed by atoms with Crippen LogP contribution in [0.2, 0.25) is 5.02 Å². The van der Waals surface area contributed by atoms with Crippen molar-refractivity contribution < 1.29 is 9.59 Å². The number of likely N-dealkylation sites (tertiary alicyclic amines) is 1. The normalized spacial score (nSPS) is 19.6. The first-order chi connectivity index (χ1) is 15.5. The number of benzene rings is 2. The lowest BCUT2D eigenvalue weighted by Crippen LogP contribution is -2.46. The molecule has 32 heavy (non-hydrogen) atoms. The standard InChI is InChI=1S/C25H31ClN4O2/c1-2-28-14-16-29(17-15-28)23-8-4-3-7-22(23)27-24(31)20-6-5-13-30(18-20)25(32)19-9-11-21(26)12-10-19/h3-4,7-12,20H,2,5-6,13-18H2,1H3,(H,27,31). The molecule has 2 aromatic rings. The third-order valence-electron chi connectivity index (χ3n) is 6.49. The maximum absolute atomic E-state index is 13.2. The molecular formula is C25H31ClN4O2. The van der Waals surface area contributed by atoms with Crippen molar-refractivity contribution in [2.24, 2.45) is 5.92 Å². The van der Waals surface area contributed by atoms with Crippen molar-refractivity contribution in [1.82, 2.24) is 9.80 Å². The summed E-state index contributed by atoms with van der Waals surface area (Å²) in [7, 11) is 0. The monoisotopic (exact) mass is 454 g/mol. The Bertz CT molecular complexity index is 941. The minimum absolute atomic E-state index is 0.0155. The van der Waals surface area contributed by atoms with Crippen LogP contribution in [-0.4, -0.2) is 67.4 Å². The van der Waals surface area contributed by atoms with Gasteiger partial charge in [-0.2, -0.15) is 0 Å². The van der Waals surface area contributed by atoms with Crippen molar-refractivity contribution in [1.29, 1.82) is 0 Å². The molecule has 0 radical (unpaired) electrons. The number of piperidine rings is 1. The number of anilines is 2. The number of para-hydroxylation sites is 2. The van der Waals surface area contributed by atoms with Crippen molar-refractivity contribution >= 4 is 34.8 Å². The van der Waals surface area contributed by atoms with Crippen LogP contribution in [0.25, 0.3) is 0 Å². The number of carbonyl (C=O) groups is 2. The van der Waals surface area contributed by atoms with Crippen LogP contribution in [0.3, 0.4) is 0 Å². The molecule has 2 heterocycles. The molecule has 2 amide bonds. The highest BCUT2D eigenvalue weighted by Gasteiger charge is 2.29. The Hall–Kier alpha value is -2.57. The maximum Gasteiger partial charge on any atom is 0.253 e. The second-order valence-corrected chi connectivity index (χ2v) is 8.96. The van der Waals surface area contributed by atoms with Crippen LogP contribution >= 0.6 is 11.6 Å². The molecule has 0 bridgehead atoms. The molecule has 0 aromatic heterocycles. The Morgan fingerprint density at radius 2 is 1.72 bits per heavy atom. The number of hydrogen-bond donors (Lipinski definition) is 1. The van der Waals surface area contributed by atoms with Gasteiger partial charge in [-0.3, -0.25) is 9.59 Å². The van der Waals surface area contributed by atoms with Gasteiger partial charge in [0, 0.05) is 49.9 Å². The van der Waals surface area contributed by atoms with E-state index in [1.165, 1.54) is 0 Å². The van der Waals surface area contributed by atoms with Gasteiger partial charge in [-0.05, 0) is 55.8 Å². The number of likely N-dealkylation sites (N-methyl/N-ethyl adjacent to an activating group) is 1. The van der Waals surface area contributed by atoms with Crippen LogP contribution in [0.1, 0.15) is 30.1 Å². The summed E-state index contributed by atoms with van der Waals surface area (Å²) in [6.45, 7) is 8.33. The summed E-state index contributed by atoms with van der Waals surface area (Å²) in [6.07, 6.45) is 1.60. The van der Waals surface area contributed by atoms with Gasteiger partial charge in [0.25, 0.3) is 5.91 Å². The number of carbonyl (C=O) groups excluding carboxylic acids is 2. The van der Waals surface area contributed by atoms with Crippen LogP contribution in [0.5, 0.6) is 0 Å². The lowest BCUT2D eigenvalue weighted by molar-refractivity contribution is -0.121. The van der Waals surface area contributed by atoms with E-state index in [4.69, 9.17) is 11.6 Å². The van der Waals surface area contributed by atoms with E-state index in [0.29, 0.717) is 23.7 Å². The summed E-state index contributed by atoms with van der Waals surface area (Å²) in [5.74, 6) is -0.281. The quantitative estimate of drug-likeness (QED) is 0.742. The highest BCUT2D eigenvalue weighted by atomic mass is 35.5. The van der Waals surface area contributed by atoms with E-state index < -0.39 is 0 Å². The zero-order chi connectivity index (χ0) is 22.5. The third-order valence-corrected chi connectivity index (χ3v) is 6.74. The van der Waals surface area contributed by atoms with E-state index in [1.807, 2.05) is 18.2 Å². The fourth-order valence-electron chi connectivity index (χ4n) is 4.55. The fourth-order valence-corrected chi connectivity index (χ4v) is 4.67. The lowest BCUT2D eigenvalue weighted by atomic mass is 9.96. The molecule has 2 aliphatic rings. The first kappa shape index (κ1) is 22.6. The summed E-state index contributed by atoms with van der Waals surface area (Å²) in [5, 5.41) is 3.76. The Balaban J connectivity index is 1.41. The van der Waals surface area contributed by atoms with E-state index in [2.05, 4.69) is 28.1 Å². The van der Waals surface area contributed by atoms with E-state index in [9.17, 15) is 9.59 Å². The smallest absolute Gasteiger partial charge is 0.253 e. The summed E-state index contributed by atoms with van der Waals surface area (Å²) in [5.41, 5.74) is 2.53. The van der Waals surface area contributed by atoms with Gasteiger partial charge in [-0.1, -0.05) is 30.7 Å². The van der Waals surface area contributed by atoms with Gasteiger partial charge >= 0.3 is 0 Å². The molecule has 2 saturated heterocycles. The van der Waals surface area contributed by atoms with Crippen molar-refractivity contribution in [3.05, 3.63) is 59.1 Å². The van der Waals surface area contributed by atoms with Crippen molar-refractivity contribution in [3.63, 3.8) is 0 Å². The molecule has 7 heteroatoms. The van der Waals surface area contributed by atoms with Gasteiger partial charge in [-0.15, -0.1) is 0 Å². The highest BCUT2D eigenvalue weighted by Crippen LogP contribution is 2.28. The second-order valence-electron chi connectivity index (χ2n) is 8.52. The van der Waals surface area contributed by atoms with E-state index in [1.54, 1.807) is 29.2 Å². The average molecular weight is 455 g/mol. The van der Waals surface area contributed by atoms with Crippen molar-refractivity contribution in [2.75, 3.05) is 56.0 Å². The molecule has 6 nitrogen and oxygen atoms in total. The van der Waals surface area contributed by atoms with Crippen LogP contribution in [-0.2, 0) is 4.79 Å². The summed E-state index contributed by atoms with van der Waals surface area (Å²) < 4.78 is 0. The molecule has 2 fully saturated rings. The maximum atomic E-state index is 13.2. The van der Waals surface area contributed by atoms with E-state index >= 15 is 0 Å². The molecule has 170 valence electrons. The second kappa shape index (κ2) is 10.4. The molecule has 0 saturated carbocycles. The SMILES string of the molecule is CCN1CCN(c2ccccc2NC(=O)C2CCCN(C(=O)c3ccc(Cl)cc3)C2)CC1. The third kappa shape index (κ3) is 5.25. The van der Waals surface area contributed by atoms with Gasteiger partial charge in [0.2, 0.25) is 5.91 Å². The summed E-state index contributed by atoms with van der Waals surface area (Å²) >= 11 is 5.94. The van der Waals surface area contributed by atoms with Gasteiger partial charge < -0.3 is 20.0 Å². The summed E-state index contributed by atoms with van der Waals surface area (Å²) in [6, 6.07) is 14.9. The number of halogens is 1. The average Bonchev–Trinajstić information content (AvgIpc) is 2.84. The predicted molar refractivity (Wildman–Crippen MR) is 129 cm³/mol. The van der Waals surface area contributed by atoms with Gasteiger partial charge in [0.15, 0.2) is 0 Å². The molecule has 4 rings (SSSR count). The van der Waals surface area contributed by atoms with Crippen LogP contribution in [0.4, 0.5) is 11.4 Å². The molecule has 2 aromatic carbocycles. The number of nitrogens with one attached hydrogen (secondary N) is 1. The minimum Gasteiger partial charge on any atom is -0.367 e. The van der Waals surface area contributed by atoms with Crippen molar-refractivity contribution in [3.8, 4) is 0 Å². The van der Waals surface area contributed by atoms with Gasteiger partial charge in [0.05, 0.1) is 17.3 Å². The Kier molecular flexibility index (Phi) is 7.33. The number of amides is 2. The van der Waals surface area contributed by atoms with Crippen LogP contribution in [0.15, 0.2) is 48.5 Å². The molecule has 2 aliphatic heterocycles. The number of hydrogen-bond acceptors (Lipinski definition) is 4. The number of nitrogens with zero attached hydrogens (tertiary/aromatic N) is 3. The summed E-state index contributed by atoms with van der Waals surface area (Å²) in [4.78, 5) is 32.6. The molecule has 0 spiro atoms. The van der Waals surface area contributed by atoms with Gasteiger partial charge in [-0.25, -0.2) is 0 Å². The number of piperazine rings is 1. The van der Waals surface area contributed by atoms with Gasteiger partial charge in [0.1, 0.15) is 0 Å². The Morgan fingerprint density at radius 1 is 1.00 bits per heavy atom. The number of rotatable bonds is 5. The molecule has 1 N–H and O–H groups in total. The molecule has 1 atom stereocenters. The Labute approximate surface area is 195 Å². The molecular weight excluding hydrogens is 424 g/mol.